The highest BCUT2D eigenvalue weighted by Gasteiger charge is 2.31. The number of furan rings is 1. The number of nitrogens with zero attached hydrogens (tertiary/aromatic N) is 1. The van der Waals surface area contributed by atoms with Crippen molar-refractivity contribution in [3.05, 3.63) is 48.2 Å². The molecule has 4 rings (SSSR count). The lowest BCUT2D eigenvalue weighted by atomic mass is 9.91. The molecule has 0 unspecified atom stereocenters. The molecule has 4 nitrogen and oxygen atoms in total. The van der Waals surface area contributed by atoms with E-state index in [4.69, 9.17) is 4.42 Å². The minimum absolute atomic E-state index is 0.129. The molecule has 4 heteroatoms. The number of hydrogen-bond acceptors (Lipinski definition) is 3. The van der Waals surface area contributed by atoms with Gasteiger partial charge in [0, 0.05) is 12.4 Å². The first-order valence-corrected chi connectivity index (χ1v) is 8.51. The van der Waals surface area contributed by atoms with Crippen LogP contribution in [0.15, 0.2) is 46.9 Å². The molecular weight excluding hydrogens is 302 g/mol. The van der Waals surface area contributed by atoms with Crippen molar-refractivity contribution in [1.82, 2.24) is 4.90 Å². The molecule has 3 aromatic rings. The molecule has 1 amide bonds. The average Bonchev–Trinajstić information content (AvgIpc) is 3.05. The summed E-state index contributed by atoms with van der Waals surface area (Å²) in [6.07, 6.45) is 3.22. The van der Waals surface area contributed by atoms with Gasteiger partial charge in [0.2, 0.25) is 0 Å². The minimum atomic E-state index is -0.446. The van der Waals surface area contributed by atoms with Crippen LogP contribution in [0.25, 0.3) is 21.7 Å². The SMILES string of the molecule is CN(C(=O)c1cc2c(ccc3ccccc32)o1)[C@@H]1CCCC[C@H]1O. The standard InChI is InChI=1S/C20H21NO3/c1-21(16-8-4-5-9-17(16)22)20(23)19-12-15-14-7-3-2-6-13(14)10-11-18(15)24-19/h2-3,6-7,10-12,16-17,22H,4-5,8-9H2,1H3/t16-,17-/m1/s1. The van der Waals surface area contributed by atoms with Gasteiger partial charge >= 0.3 is 0 Å². The number of fused-ring (bicyclic) bond motifs is 3. The van der Waals surface area contributed by atoms with Gasteiger partial charge in [-0.3, -0.25) is 4.79 Å². The number of aliphatic hydroxyl groups excluding tert-OH is 1. The van der Waals surface area contributed by atoms with Gasteiger partial charge in [0.1, 0.15) is 5.58 Å². The topological polar surface area (TPSA) is 53.7 Å². The van der Waals surface area contributed by atoms with Crippen LogP contribution in [-0.4, -0.2) is 35.1 Å². The quantitative estimate of drug-likeness (QED) is 0.776. The molecule has 2 atom stereocenters. The van der Waals surface area contributed by atoms with Crippen molar-refractivity contribution in [2.24, 2.45) is 0 Å². The summed E-state index contributed by atoms with van der Waals surface area (Å²) >= 11 is 0. The van der Waals surface area contributed by atoms with Crippen molar-refractivity contribution in [2.45, 2.75) is 37.8 Å². The number of aliphatic hydroxyl groups is 1. The summed E-state index contributed by atoms with van der Waals surface area (Å²) in [5.41, 5.74) is 0.717. The summed E-state index contributed by atoms with van der Waals surface area (Å²) in [5.74, 6) is 0.169. The van der Waals surface area contributed by atoms with Gasteiger partial charge in [-0.1, -0.05) is 43.2 Å². The second-order valence-electron chi connectivity index (χ2n) is 6.64. The van der Waals surface area contributed by atoms with E-state index in [1.54, 1.807) is 11.9 Å². The van der Waals surface area contributed by atoms with E-state index in [2.05, 4.69) is 0 Å². The normalized spacial score (nSPS) is 21.2. The second-order valence-corrected chi connectivity index (χ2v) is 6.64. The zero-order valence-corrected chi connectivity index (χ0v) is 13.7. The molecule has 0 bridgehead atoms. The van der Waals surface area contributed by atoms with Crippen LogP contribution < -0.4 is 0 Å². The lowest BCUT2D eigenvalue weighted by Crippen LogP contribution is -2.46. The monoisotopic (exact) mass is 323 g/mol. The number of hydrogen-bond donors (Lipinski definition) is 1. The molecule has 1 saturated carbocycles. The lowest BCUT2D eigenvalue weighted by Gasteiger charge is -2.34. The smallest absolute Gasteiger partial charge is 0.289 e. The van der Waals surface area contributed by atoms with E-state index in [9.17, 15) is 9.90 Å². The van der Waals surface area contributed by atoms with Gasteiger partial charge in [-0.05, 0) is 35.7 Å². The van der Waals surface area contributed by atoms with Gasteiger partial charge in [0.15, 0.2) is 5.76 Å². The fourth-order valence-electron chi connectivity index (χ4n) is 3.77. The van der Waals surface area contributed by atoms with E-state index in [1.165, 1.54) is 0 Å². The van der Waals surface area contributed by atoms with E-state index in [0.717, 1.165) is 47.4 Å². The summed E-state index contributed by atoms with van der Waals surface area (Å²) in [6, 6.07) is 13.7. The summed E-state index contributed by atoms with van der Waals surface area (Å²) < 4.78 is 5.81. The van der Waals surface area contributed by atoms with Crippen LogP contribution in [0.4, 0.5) is 0 Å². The summed E-state index contributed by atoms with van der Waals surface area (Å²) in [6.45, 7) is 0. The molecule has 124 valence electrons. The predicted molar refractivity (Wildman–Crippen MR) is 94.1 cm³/mol. The molecule has 1 fully saturated rings. The minimum Gasteiger partial charge on any atom is -0.451 e. The molecule has 0 spiro atoms. The van der Waals surface area contributed by atoms with Crippen molar-refractivity contribution in [2.75, 3.05) is 7.05 Å². The Balaban J connectivity index is 1.70. The van der Waals surface area contributed by atoms with Crippen molar-refractivity contribution in [3.63, 3.8) is 0 Å². The van der Waals surface area contributed by atoms with Crippen molar-refractivity contribution < 1.29 is 14.3 Å². The Morgan fingerprint density at radius 2 is 1.92 bits per heavy atom. The van der Waals surface area contributed by atoms with E-state index in [0.29, 0.717) is 5.76 Å². The Kier molecular flexibility index (Phi) is 3.77. The van der Waals surface area contributed by atoms with Crippen LogP contribution in [0.5, 0.6) is 0 Å². The second kappa shape index (κ2) is 5.95. The summed E-state index contributed by atoms with van der Waals surface area (Å²) in [4.78, 5) is 14.5. The van der Waals surface area contributed by atoms with Crippen LogP contribution in [0.1, 0.15) is 36.2 Å². The first-order valence-electron chi connectivity index (χ1n) is 8.51. The molecule has 0 radical (unpaired) electrons. The molecule has 24 heavy (non-hydrogen) atoms. The first-order chi connectivity index (χ1) is 11.6. The molecule has 0 aliphatic heterocycles. The van der Waals surface area contributed by atoms with E-state index in [1.807, 2.05) is 42.5 Å². The molecular formula is C20H21NO3. The third-order valence-electron chi connectivity index (χ3n) is 5.15. The summed E-state index contributed by atoms with van der Waals surface area (Å²) in [5, 5.41) is 13.4. The van der Waals surface area contributed by atoms with E-state index in [-0.39, 0.29) is 11.9 Å². The molecule has 1 N–H and O–H groups in total. The van der Waals surface area contributed by atoms with Crippen molar-refractivity contribution >= 4 is 27.6 Å². The predicted octanol–water partition coefficient (Wildman–Crippen LogP) is 3.96. The Bertz CT molecular complexity index is 898. The Morgan fingerprint density at radius 3 is 2.75 bits per heavy atom. The fraction of sp³-hybridized carbons (Fsp3) is 0.350. The lowest BCUT2D eigenvalue weighted by molar-refractivity contribution is 0.0251. The highest BCUT2D eigenvalue weighted by atomic mass is 16.3. The third kappa shape index (κ3) is 2.47. The van der Waals surface area contributed by atoms with Crippen LogP contribution >= 0.6 is 0 Å². The Labute approximate surface area is 140 Å². The zero-order chi connectivity index (χ0) is 16.7. The van der Waals surface area contributed by atoms with Crippen LogP contribution in [0.2, 0.25) is 0 Å². The number of carbonyl (C=O) groups is 1. The van der Waals surface area contributed by atoms with Gasteiger partial charge < -0.3 is 14.4 Å². The number of benzene rings is 2. The van der Waals surface area contributed by atoms with Crippen molar-refractivity contribution in [1.29, 1.82) is 0 Å². The maximum absolute atomic E-state index is 12.8. The number of amides is 1. The Morgan fingerprint density at radius 1 is 1.12 bits per heavy atom. The number of rotatable bonds is 2. The van der Waals surface area contributed by atoms with E-state index >= 15 is 0 Å². The molecule has 1 aromatic heterocycles. The van der Waals surface area contributed by atoms with Crippen LogP contribution in [0, 0.1) is 0 Å². The zero-order valence-electron chi connectivity index (χ0n) is 13.7. The number of carbonyl (C=O) groups excluding carboxylic acids is 1. The van der Waals surface area contributed by atoms with Gasteiger partial charge in [-0.25, -0.2) is 0 Å². The van der Waals surface area contributed by atoms with Crippen LogP contribution in [0.3, 0.4) is 0 Å². The number of likely N-dealkylation sites (N-methyl/N-ethyl adjacent to an activating group) is 1. The molecule has 1 aliphatic rings. The van der Waals surface area contributed by atoms with Gasteiger partial charge in [0.25, 0.3) is 5.91 Å². The largest absolute Gasteiger partial charge is 0.451 e. The summed E-state index contributed by atoms with van der Waals surface area (Å²) in [7, 11) is 1.76. The molecule has 2 aromatic carbocycles. The molecule has 0 saturated heterocycles. The van der Waals surface area contributed by atoms with E-state index < -0.39 is 6.10 Å². The van der Waals surface area contributed by atoms with Crippen LogP contribution in [-0.2, 0) is 0 Å². The van der Waals surface area contributed by atoms with Crippen molar-refractivity contribution in [3.8, 4) is 0 Å². The average molecular weight is 323 g/mol. The maximum Gasteiger partial charge on any atom is 0.289 e. The maximum atomic E-state index is 12.8. The van der Waals surface area contributed by atoms with Gasteiger partial charge in [-0.2, -0.15) is 0 Å². The van der Waals surface area contributed by atoms with Gasteiger partial charge in [-0.15, -0.1) is 0 Å². The molecule has 1 heterocycles. The highest BCUT2D eigenvalue weighted by molar-refractivity contribution is 6.08. The molecule has 1 aliphatic carbocycles. The van der Waals surface area contributed by atoms with Gasteiger partial charge in [0.05, 0.1) is 12.1 Å². The fourth-order valence-corrected chi connectivity index (χ4v) is 3.77. The third-order valence-corrected chi connectivity index (χ3v) is 5.15. The Hall–Kier alpha value is -2.33. The highest BCUT2D eigenvalue weighted by Crippen LogP contribution is 2.30. The first kappa shape index (κ1) is 15.2.